The molecule has 0 saturated heterocycles. The van der Waals surface area contributed by atoms with Crippen molar-refractivity contribution < 1.29 is 18.8 Å². The zero-order valence-corrected chi connectivity index (χ0v) is 9.06. The number of carbonyl (C=O) groups is 3. The molecule has 1 aliphatic rings. The highest BCUT2D eigenvalue weighted by atomic mass is 19.1. The van der Waals surface area contributed by atoms with Gasteiger partial charge in [0, 0.05) is 23.5 Å². The Morgan fingerprint density at radius 2 is 1.71 bits per heavy atom. The van der Waals surface area contributed by atoms with Crippen LogP contribution in [0.5, 0.6) is 0 Å². The highest BCUT2D eigenvalue weighted by Gasteiger charge is 2.42. The van der Waals surface area contributed by atoms with E-state index in [1.165, 1.54) is 0 Å². The first-order chi connectivity index (χ1) is 8.20. The van der Waals surface area contributed by atoms with Crippen LogP contribution in [-0.2, 0) is 4.79 Å². The molecule has 0 amide bonds. The molecule has 88 valence electrons. The summed E-state index contributed by atoms with van der Waals surface area (Å²) in [5, 5.41) is 0. The van der Waals surface area contributed by atoms with Crippen LogP contribution in [0.1, 0.15) is 27.1 Å². The van der Waals surface area contributed by atoms with E-state index in [4.69, 9.17) is 0 Å². The first-order valence-electron chi connectivity index (χ1n) is 5.37. The fraction of sp³-hybridized carbons (Fsp3) is 0.308. The Morgan fingerprint density at radius 3 is 2.12 bits per heavy atom. The summed E-state index contributed by atoms with van der Waals surface area (Å²) in [6, 6.07) is 6.45. The van der Waals surface area contributed by atoms with E-state index < -0.39 is 18.5 Å². The van der Waals surface area contributed by atoms with E-state index in [-0.39, 0.29) is 18.0 Å². The van der Waals surface area contributed by atoms with E-state index in [0.29, 0.717) is 17.4 Å². The van der Waals surface area contributed by atoms with Gasteiger partial charge in [0.15, 0.2) is 11.6 Å². The molecule has 0 spiro atoms. The highest BCUT2D eigenvalue weighted by molar-refractivity contribution is 6.26. The Morgan fingerprint density at radius 1 is 1.18 bits per heavy atom. The smallest absolute Gasteiger partial charge is 0.174 e. The van der Waals surface area contributed by atoms with Gasteiger partial charge in [-0.25, -0.2) is 0 Å². The SMILES string of the molecule is O=CC[C@@H](CF)C1C(=O)c2ccccc2C1=O. The fourth-order valence-corrected chi connectivity index (χ4v) is 2.21. The molecule has 0 N–H and O–H groups in total. The van der Waals surface area contributed by atoms with Crippen LogP contribution in [0.3, 0.4) is 0 Å². The molecular formula is C13H11FO3. The number of alkyl halides is 1. The van der Waals surface area contributed by atoms with E-state index in [2.05, 4.69) is 0 Å². The van der Waals surface area contributed by atoms with Gasteiger partial charge in [-0.2, -0.15) is 0 Å². The van der Waals surface area contributed by atoms with Crippen LogP contribution in [0.4, 0.5) is 4.39 Å². The van der Waals surface area contributed by atoms with Crippen molar-refractivity contribution in [1.29, 1.82) is 0 Å². The number of benzene rings is 1. The largest absolute Gasteiger partial charge is 0.303 e. The Hall–Kier alpha value is -1.84. The lowest BCUT2D eigenvalue weighted by atomic mass is 9.87. The molecule has 0 radical (unpaired) electrons. The molecule has 1 aromatic carbocycles. The van der Waals surface area contributed by atoms with Crippen molar-refractivity contribution in [2.24, 2.45) is 11.8 Å². The Labute approximate surface area is 97.6 Å². The summed E-state index contributed by atoms with van der Waals surface area (Å²) in [6.45, 7) is -0.838. The van der Waals surface area contributed by atoms with Gasteiger partial charge in [0.2, 0.25) is 0 Å². The Balaban J connectivity index is 2.38. The molecule has 0 aromatic heterocycles. The van der Waals surface area contributed by atoms with Crippen LogP contribution in [-0.4, -0.2) is 24.5 Å². The molecule has 4 heteroatoms. The van der Waals surface area contributed by atoms with Crippen molar-refractivity contribution in [3.63, 3.8) is 0 Å². The number of carbonyl (C=O) groups excluding carboxylic acids is 3. The molecule has 0 unspecified atom stereocenters. The predicted molar refractivity (Wildman–Crippen MR) is 58.7 cm³/mol. The standard InChI is InChI=1S/C13H11FO3/c14-7-8(5-6-15)11-12(16)9-3-1-2-4-10(9)13(11)17/h1-4,6,8,11H,5,7H2/t8-/m0/s1. The predicted octanol–water partition coefficient (Wildman–Crippen LogP) is 1.86. The summed E-state index contributed by atoms with van der Waals surface area (Å²) >= 11 is 0. The molecule has 0 bridgehead atoms. The quantitative estimate of drug-likeness (QED) is 0.590. The monoisotopic (exact) mass is 234 g/mol. The number of Topliss-reactive ketones (excluding diaryl/α,β-unsaturated/α-hetero) is 2. The second kappa shape index (κ2) is 4.57. The molecular weight excluding hydrogens is 223 g/mol. The average Bonchev–Trinajstić information content (AvgIpc) is 2.61. The minimum Gasteiger partial charge on any atom is -0.303 e. The lowest BCUT2D eigenvalue weighted by Crippen LogP contribution is -2.27. The number of hydrogen-bond acceptors (Lipinski definition) is 3. The van der Waals surface area contributed by atoms with Crippen molar-refractivity contribution in [2.75, 3.05) is 6.67 Å². The van der Waals surface area contributed by atoms with Gasteiger partial charge in [-0.05, 0) is 0 Å². The van der Waals surface area contributed by atoms with E-state index in [1.54, 1.807) is 24.3 Å². The number of hydrogen-bond donors (Lipinski definition) is 0. The second-order valence-electron chi connectivity index (χ2n) is 4.07. The van der Waals surface area contributed by atoms with Crippen molar-refractivity contribution in [3.8, 4) is 0 Å². The average molecular weight is 234 g/mol. The molecule has 0 saturated carbocycles. The maximum atomic E-state index is 12.8. The zero-order valence-electron chi connectivity index (χ0n) is 9.06. The first kappa shape index (κ1) is 11.6. The minimum atomic E-state index is -1.03. The number of aldehydes is 1. The summed E-state index contributed by atoms with van der Waals surface area (Å²) in [5.74, 6) is -2.59. The molecule has 0 fully saturated rings. The van der Waals surface area contributed by atoms with Gasteiger partial charge in [-0.3, -0.25) is 14.0 Å². The van der Waals surface area contributed by atoms with E-state index in [1.807, 2.05) is 0 Å². The van der Waals surface area contributed by atoms with Gasteiger partial charge in [-0.1, -0.05) is 24.3 Å². The van der Waals surface area contributed by atoms with Crippen molar-refractivity contribution in [3.05, 3.63) is 35.4 Å². The molecule has 3 nitrogen and oxygen atoms in total. The Kier molecular flexibility index (Phi) is 3.13. The molecule has 1 aliphatic carbocycles. The highest BCUT2D eigenvalue weighted by Crippen LogP contribution is 2.32. The third-order valence-electron chi connectivity index (χ3n) is 3.09. The van der Waals surface area contributed by atoms with E-state index in [0.717, 1.165) is 0 Å². The first-order valence-corrected chi connectivity index (χ1v) is 5.37. The van der Waals surface area contributed by atoms with E-state index >= 15 is 0 Å². The van der Waals surface area contributed by atoms with Crippen LogP contribution in [0.2, 0.25) is 0 Å². The van der Waals surface area contributed by atoms with Crippen molar-refractivity contribution in [1.82, 2.24) is 0 Å². The number of rotatable bonds is 4. The van der Waals surface area contributed by atoms with Gasteiger partial charge in [0.05, 0.1) is 12.6 Å². The normalized spacial score (nSPS) is 17.0. The van der Waals surface area contributed by atoms with Gasteiger partial charge in [0.25, 0.3) is 0 Å². The molecule has 1 atom stereocenters. The molecule has 17 heavy (non-hydrogen) atoms. The summed E-state index contributed by atoms with van der Waals surface area (Å²) in [7, 11) is 0. The molecule has 0 aliphatic heterocycles. The summed E-state index contributed by atoms with van der Waals surface area (Å²) in [5.41, 5.74) is 0.679. The van der Waals surface area contributed by atoms with Crippen molar-refractivity contribution in [2.45, 2.75) is 6.42 Å². The molecule has 2 rings (SSSR count). The van der Waals surface area contributed by atoms with E-state index in [9.17, 15) is 18.8 Å². The number of halogens is 1. The fourth-order valence-electron chi connectivity index (χ4n) is 2.21. The number of ketones is 2. The number of fused-ring (bicyclic) bond motifs is 1. The third kappa shape index (κ3) is 1.79. The summed E-state index contributed by atoms with van der Waals surface area (Å²) in [6.07, 6.45) is 0.445. The van der Waals surface area contributed by atoms with Crippen LogP contribution in [0, 0.1) is 11.8 Å². The summed E-state index contributed by atoms with van der Waals surface area (Å²) in [4.78, 5) is 34.4. The second-order valence-corrected chi connectivity index (χ2v) is 4.07. The van der Waals surface area contributed by atoms with Gasteiger partial charge in [-0.15, -0.1) is 0 Å². The van der Waals surface area contributed by atoms with Crippen LogP contribution in [0.15, 0.2) is 24.3 Å². The molecule has 0 heterocycles. The van der Waals surface area contributed by atoms with Crippen LogP contribution in [0.25, 0.3) is 0 Å². The minimum absolute atomic E-state index is 0.105. The lowest BCUT2D eigenvalue weighted by Gasteiger charge is -2.14. The Bertz CT molecular complexity index is 446. The van der Waals surface area contributed by atoms with Gasteiger partial charge in [0.1, 0.15) is 6.29 Å². The van der Waals surface area contributed by atoms with Gasteiger partial charge < -0.3 is 4.79 Å². The topological polar surface area (TPSA) is 51.2 Å². The summed E-state index contributed by atoms with van der Waals surface area (Å²) < 4.78 is 12.8. The molecule has 1 aromatic rings. The van der Waals surface area contributed by atoms with Gasteiger partial charge >= 0.3 is 0 Å². The maximum Gasteiger partial charge on any atom is 0.174 e. The van der Waals surface area contributed by atoms with Crippen LogP contribution < -0.4 is 0 Å². The third-order valence-corrected chi connectivity index (χ3v) is 3.09. The lowest BCUT2D eigenvalue weighted by molar-refractivity contribution is -0.108. The maximum absolute atomic E-state index is 12.8. The zero-order chi connectivity index (χ0) is 12.4. The van der Waals surface area contributed by atoms with Crippen molar-refractivity contribution >= 4 is 17.9 Å². The van der Waals surface area contributed by atoms with Crippen LogP contribution >= 0.6 is 0 Å².